The van der Waals surface area contributed by atoms with Crippen LogP contribution in [0.1, 0.15) is 29.9 Å². The van der Waals surface area contributed by atoms with Crippen molar-refractivity contribution >= 4 is 17.6 Å². The van der Waals surface area contributed by atoms with Gasteiger partial charge in [-0.25, -0.2) is 0 Å². The molecule has 1 atom stereocenters. The number of carbonyl (C=O) groups excluding carboxylic acids is 2. The highest BCUT2D eigenvalue weighted by Gasteiger charge is 2.44. The van der Waals surface area contributed by atoms with E-state index in [4.69, 9.17) is 22.9 Å². The third kappa shape index (κ3) is 4.92. The van der Waals surface area contributed by atoms with Gasteiger partial charge in [-0.1, -0.05) is 60.7 Å². The van der Waals surface area contributed by atoms with E-state index < -0.39 is 23.1 Å². The molecule has 0 spiro atoms. The second kappa shape index (κ2) is 8.95. The monoisotopic (exact) mass is 367 g/mol. The number of nitrogens with two attached hydrogens (primary N) is 4. The number of guanidine groups is 1. The SMILES string of the molecule is NC(=O)[C@@](N)(CCCN=C(N)N)C(=O)C(c1ccccc1)c1ccccc1. The molecule has 0 aromatic heterocycles. The Morgan fingerprint density at radius 1 is 0.889 bits per heavy atom. The van der Waals surface area contributed by atoms with E-state index in [-0.39, 0.29) is 18.9 Å². The first-order valence-corrected chi connectivity index (χ1v) is 8.64. The number of carbonyl (C=O) groups is 2. The maximum absolute atomic E-state index is 13.4. The lowest BCUT2D eigenvalue weighted by molar-refractivity contribution is -0.134. The Bertz CT molecular complexity index is 764. The van der Waals surface area contributed by atoms with Crippen molar-refractivity contribution < 1.29 is 9.59 Å². The zero-order valence-corrected chi connectivity index (χ0v) is 15.0. The highest BCUT2D eigenvalue weighted by molar-refractivity contribution is 6.13. The molecule has 142 valence electrons. The molecule has 0 heterocycles. The number of Topliss-reactive ketones (excluding diaryl/α,β-unsaturated/α-hetero) is 1. The van der Waals surface area contributed by atoms with Crippen molar-refractivity contribution in [1.29, 1.82) is 0 Å². The Hall–Kier alpha value is -3.19. The molecule has 2 aromatic rings. The van der Waals surface area contributed by atoms with Crippen molar-refractivity contribution in [3.8, 4) is 0 Å². The van der Waals surface area contributed by atoms with E-state index in [2.05, 4.69) is 4.99 Å². The average Bonchev–Trinajstić information content (AvgIpc) is 2.66. The van der Waals surface area contributed by atoms with Gasteiger partial charge in [0, 0.05) is 6.54 Å². The molecule has 1 amide bonds. The summed E-state index contributed by atoms with van der Waals surface area (Å²) in [6, 6.07) is 18.4. The van der Waals surface area contributed by atoms with Crippen LogP contribution in [0, 0.1) is 0 Å². The van der Waals surface area contributed by atoms with Gasteiger partial charge in [-0.3, -0.25) is 14.6 Å². The molecule has 0 fully saturated rings. The van der Waals surface area contributed by atoms with Crippen LogP contribution in [-0.4, -0.2) is 29.7 Å². The molecule has 0 bridgehead atoms. The fourth-order valence-corrected chi connectivity index (χ4v) is 2.98. The van der Waals surface area contributed by atoms with Gasteiger partial charge in [0.2, 0.25) is 5.91 Å². The van der Waals surface area contributed by atoms with Gasteiger partial charge in [0.1, 0.15) is 0 Å². The van der Waals surface area contributed by atoms with Gasteiger partial charge in [0.25, 0.3) is 0 Å². The van der Waals surface area contributed by atoms with E-state index in [0.29, 0.717) is 6.42 Å². The van der Waals surface area contributed by atoms with Crippen LogP contribution in [0.2, 0.25) is 0 Å². The molecule has 27 heavy (non-hydrogen) atoms. The summed E-state index contributed by atoms with van der Waals surface area (Å²) in [5, 5.41) is 0. The normalized spacial score (nSPS) is 13.0. The van der Waals surface area contributed by atoms with Crippen molar-refractivity contribution in [3.05, 3.63) is 71.8 Å². The predicted octanol–water partition coefficient (Wildman–Crippen LogP) is 0.624. The van der Waals surface area contributed by atoms with Crippen LogP contribution in [0.25, 0.3) is 0 Å². The van der Waals surface area contributed by atoms with Crippen molar-refractivity contribution in [2.45, 2.75) is 24.3 Å². The summed E-state index contributed by atoms with van der Waals surface area (Å²) in [6.07, 6.45) is 0.396. The number of amides is 1. The maximum Gasteiger partial charge on any atom is 0.245 e. The highest BCUT2D eigenvalue weighted by atomic mass is 16.2. The second-order valence-electron chi connectivity index (χ2n) is 6.36. The highest BCUT2D eigenvalue weighted by Crippen LogP contribution is 2.30. The lowest BCUT2D eigenvalue weighted by Gasteiger charge is -2.29. The summed E-state index contributed by atoms with van der Waals surface area (Å²) in [4.78, 5) is 29.4. The fraction of sp³-hybridized carbons (Fsp3) is 0.250. The Morgan fingerprint density at radius 3 is 1.78 bits per heavy atom. The van der Waals surface area contributed by atoms with Gasteiger partial charge in [-0.15, -0.1) is 0 Å². The van der Waals surface area contributed by atoms with Crippen molar-refractivity contribution in [2.75, 3.05) is 6.54 Å². The summed E-state index contributed by atoms with van der Waals surface area (Å²) in [6.45, 7) is 0.253. The summed E-state index contributed by atoms with van der Waals surface area (Å²) in [5.41, 5.74) is 22.0. The Morgan fingerprint density at radius 2 is 1.37 bits per heavy atom. The van der Waals surface area contributed by atoms with Crippen LogP contribution in [0.15, 0.2) is 65.7 Å². The quantitative estimate of drug-likeness (QED) is 0.222. The summed E-state index contributed by atoms with van der Waals surface area (Å²) < 4.78 is 0. The number of nitrogens with zero attached hydrogens (tertiary/aromatic N) is 1. The van der Waals surface area contributed by atoms with Crippen LogP contribution in [-0.2, 0) is 9.59 Å². The number of primary amides is 1. The van der Waals surface area contributed by atoms with Gasteiger partial charge in [0.05, 0.1) is 5.92 Å². The summed E-state index contributed by atoms with van der Waals surface area (Å²) in [7, 11) is 0. The minimum atomic E-state index is -1.82. The van der Waals surface area contributed by atoms with Gasteiger partial charge < -0.3 is 22.9 Å². The number of ketones is 1. The molecule has 8 N–H and O–H groups in total. The van der Waals surface area contributed by atoms with Crippen LogP contribution < -0.4 is 22.9 Å². The van der Waals surface area contributed by atoms with Gasteiger partial charge in [0.15, 0.2) is 17.3 Å². The fourth-order valence-electron chi connectivity index (χ4n) is 2.98. The van der Waals surface area contributed by atoms with Crippen LogP contribution in [0.4, 0.5) is 0 Å². The Kier molecular flexibility index (Phi) is 6.67. The van der Waals surface area contributed by atoms with Crippen LogP contribution in [0.3, 0.4) is 0 Å². The second-order valence-corrected chi connectivity index (χ2v) is 6.36. The Labute approximate surface area is 158 Å². The molecule has 0 radical (unpaired) electrons. The first-order valence-electron chi connectivity index (χ1n) is 8.64. The zero-order valence-electron chi connectivity index (χ0n) is 15.0. The van der Waals surface area contributed by atoms with E-state index in [1.165, 1.54) is 0 Å². The van der Waals surface area contributed by atoms with Crippen molar-refractivity contribution in [2.24, 2.45) is 27.9 Å². The minimum Gasteiger partial charge on any atom is -0.370 e. The van der Waals surface area contributed by atoms with Gasteiger partial charge >= 0.3 is 0 Å². The van der Waals surface area contributed by atoms with E-state index in [1.807, 2.05) is 60.7 Å². The molecule has 7 nitrogen and oxygen atoms in total. The van der Waals surface area contributed by atoms with E-state index in [0.717, 1.165) is 11.1 Å². The smallest absolute Gasteiger partial charge is 0.245 e. The lowest BCUT2D eigenvalue weighted by atomic mass is 9.76. The van der Waals surface area contributed by atoms with Crippen LogP contribution in [0.5, 0.6) is 0 Å². The van der Waals surface area contributed by atoms with Gasteiger partial charge in [-0.2, -0.15) is 0 Å². The first-order chi connectivity index (χ1) is 12.9. The molecule has 0 saturated carbocycles. The number of rotatable bonds is 9. The minimum absolute atomic E-state index is 0.0497. The lowest BCUT2D eigenvalue weighted by Crippen LogP contribution is -2.59. The van der Waals surface area contributed by atoms with Crippen molar-refractivity contribution in [1.82, 2.24) is 0 Å². The third-order valence-corrected chi connectivity index (χ3v) is 4.43. The first kappa shape index (κ1) is 20.1. The number of hydrogen-bond acceptors (Lipinski definition) is 4. The molecule has 0 aliphatic rings. The van der Waals surface area contributed by atoms with Crippen LogP contribution >= 0.6 is 0 Å². The van der Waals surface area contributed by atoms with E-state index >= 15 is 0 Å². The average molecular weight is 367 g/mol. The number of hydrogen-bond donors (Lipinski definition) is 4. The Balaban J connectivity index is 2.38. The third-order valence-electron chi connectivity index (χ3n) is 4.43. The standard InChI is InChI=1S/C20H25N5O2/c21-18(27)20(24,12-7-13-25-19(22)23)17(26)16(14-8-3-1-4-9-14)15-10-5-2-6-11-15/h1-6,8-11,16H,7,12-13,24H2,(H2,21,27)(H4,22,23,25)/t20-/m1/s1. The van der Waals surface area contributed by atoms with Gasteiger partial charge in [-0.05, 0) is 24.0 Å². The molecular weight excluding hydrogens is 342 g/mol. The van der Waals surface area contributed by atoms with E-state index in [1.54, 1.807) is 0 Å². The number of aliphatic imine (C=N–C) groups is 1. The molecule has 2 aromatic carbocycles. The summed E-state index contributed by atoms with van der Waals surface area (Å²) in [5.74, 6) is -2.08. The van der Waals surface area contributed by atoms with Crippen molar-refractivity contribution in [3.63, 3.8) is 0 Å². The largest absolute Gasteiger partial charge is 0.370 e. The predicted molar refractivity (Wildman–Crippen MR) is 106 cm³/mol. The molecule has 0 saturated heterocycles. The topological polar surface area (TPSA) is 151 Å². The molecule has 0 unspecified atom stereocenters. The maximum atomic E-state index is 13.4. The molecule has 0 aliphatic heterocycles. The number of benzene rings is 2. The summed E-state index contributed by atoms with van der Waals surface area (Å²) >= 11 is 0. The molecule has 2 rings (SSSR count). The van der Waals surface area contributed by atoms with E-state index in [9.17, 15) is 9.59 Å². The molecule has 7 heteroatoms. The zero-order chi connectivity index (χ0) is 19.9. The molecular formula is C20H25N5O2. The molecule has 0 aliphatic carbocycles.